The second kappa shape index (κ2) is 7.08. The van der Waals surface area contributed by atoms with E-state index in [2.05, 4.69) is 5.32 Å². The molecule has 0 aliphatic carbocycles. The third-order valence-electron chi connectivity index (χ3n) is 3.07. The van der Waals surface area contributed by atoms with E-state index >= 15 is 0 Å². The van der Waals surface area contributed by atoms with Gasteiger partial charge < -0.3 is 10.1 Å². The molecule has 1 amide bonds. The van der Waals surface area contributed by atoms with E-state index in [9.17, 15) is 9.59 Å². The van der Waals surface area contributed by atoms with Gasteiger partial charge >= 0.3 is 5.97 Å². The van der Waals surface area contributed by atoms with Gasteiger partial charge in [-0.05, 0) is 17.5 Å². The molecule has 0 fully saturated rings. The maximum Gasteiger partial charge on any atom is 0.338 e. The molecule has 0 aliphatic rings. The first-order chi connectivity index (χ1) is 9.30. The Balaban J connectivity index is 2.49. The molecule has 1 aromatic carbocycles. The lowest BCUT2D eigenvalue weighted by atomic mass is 9.85. The van der Waals surface area contributed by atoms with Gasteiger partial charge in [0, 0.05) is 19.4 Å². The first-order valence-electron chi connectivity index (χ1n) is 6.80. The molecule has 0 saturated heterocycles. The van der Waals surface area contributed by atoms with Gasteiger partial charge in [0.15, 0.2) is 0 Å². The Morgan fingerprint density at radius 1 is 1.20 bits per heavy atom. The van der Waals surface area contributed by atoms with Crippen molar-refractivity contribution >= 4 is 11.9 Å². The van der Waals surface area contributed by atoms with E-state index in [-0.39, 0.29) is 29.9 Å². The monoisotopic (exact) mass is 277 g/mol. The molecule has 4 nitrogen and oxygen atoms in total. The molecule has 0 radical (unpaired) electrons. The molecule has 0 aromatic heterocycles. The van der Waals surface area contributed by atoms with Crippen molar-refractivity contribution in [1.82, 2.24) is 5.32 Å². The smallest absolute Gasteiger partial charge is 0.338 e. The van der Waals surface area contributed by atoms with Crippen molar-refractivity contribution in [2.75, 3.05) is 6.61 Å². The Hall–Kier alpha value is -1.84. The van der Waals surface area contributed by atoms with Crippen molar-refractivity contribution in [3.63, 3.8) is 0 Å². The summed E-state index contributed by atoms with van der Waals surface area (Å²) in [6.07, 6.45) is 0.599. The van der Waals surface area contributed by atoms with Crippen LogP contribution >= 0.6 is 0 Å². The van der Waals surface area contributed by atoms with E-state index < -0.39 is 0 Å². The zero-order valence-electron chi connectivity index (χ0n) is 12.6. The van der Waals surface area contributed by atoms with Crippen molar-refractivity contribution in [2.45, 2.75) is 40.2 Å². The highest BCUT2D eigenvalue weighted by atomic mass is 16.5. The van der Waals surface area contributed by atoms with E-state index in [4.69, 9.17) is 4.74 Å². The number of esters is 1. The summed E-state index contributed by atoms with van der Waals surface area (Å²) in [5, 5.41) is 2.90. The van der Waals surface area contributed by atoms with Crippen LogP contribution in [0.25, 0.3) is 0 Å². The van der Waals surface area contributed by atoms with Crippen LogP contribution in [0.5, 0.6) is 0 Å². The third-order valence-corrected chi connectivity index (χ3v) is 3.07. The lowest BCUT2D eigenvalue weighted by molar-refractivity contribution is -0.120. The van der Waals surface area contributed by atoms with Crippen LogP contribution in [0, 0.1) is 5.41 Å². The zero-order valence-corrected chi connectivity index (χ0v) is 12.6. The average Bonchev–Trinajstić information content (AvgIpc) is 2.37. The number of nitrogens with one attached hydrogen (secondary N) is 1. The molecule has 110 valence electrons. The number of carbonyl (C=O) groups excluding carboxylic acids is 2. The highest BCUT2D eigenvalue weighted by Gasteiger charge is 2.25. The fourth-order valence-electron chi connectivity index (χ4n) is 1.89. The summed E-state index contributed by atoms with van der Waals surface area (Å²) >= 11 is 0. The number of benzene rings is 1. The van der Waals surface area contributed by atoms with Crippen LogP contribution < -0.4 is 5.32 Å². The van der Waals surface area contributed by atoms with E-state index in [1.165, 1.54) is 6.92 Å². The summed E-state index contributed by atoms with van der Waals surface area (Å²) in [5.41, 5.74) is 0.463. The van der Waals surface area contributed by atoms with E-state index in [0.717, 1.165) is 0 Å². The second-order valence-corrected chi connectivity index (χ2v) is 5.91. The van der Waals surface area contributed by atoms with Crippen molar-refractivity contribution < 1.29 is 14.3 Å². The fraction of sp³-hybridized carbons (Fsp3) is 0.500. The third kappa shape index (κ3) is 5.43. The van der Waals surface area contributed by atoms with Crippen molar-refractivity contribution in [3.8, 4) is 0 Å². The molecule has 0 saturated carbocycles. The van der Waals surface area contributed by atoms with Crippen molar-refractivity contribution in [1.29, 1.82) is 0 Å². The predicted octanol–water partition coefficient (Wildman–Crippen LogP) is 2.78. The molecular formula is C16H23NO3. The largest absolute Gasteiger partial charge is 0.462 e. The molecule has 1 atom stereocenters. The van der Waals surface area contributed by atoms with Gasteiger partial charge in [0.1, 0.15) is 0 Å². The molecule has 1 aromatic rings. The van der Waals surface area contributed by atoms with Crippen LogP contribution in [0.15, 0.2) is 30.3 Å². The Labute approximate surface area is 120 Å². The van der Waals surface area contributed by atoms with Gasteiger partial charge in [0.25, 0.3) is 0 Å². The molecule has 20 heavy (non-hydrogen) atoms. The number of hydrogen-bond acceptors (Lipinski definition) is 3. The summed E-state index contributed by atoms with van der Waals surface area (Å²) in [5.74, 6) is -0.402. The minimum absolute atomic E-state index is 0.0245. The van der Waals surface area contributed by atoms with E-state index in [1.54, 1.807) is 24.3 Å². The molecule has 0 heterocycles. The Morgan fingerprint density at radius 3 is 2.30 bits per heavy atom. The number of amides is 1. The van der Waals surface area contributed by atoms with Crippen LogP contribution in [0.3, 0.4) is 0 Å². The standard InChI is InChI=1S/C16H23NO3/c1-12(18)17-14(16(2,3)4)10-11-20-15(19)13-8-6-5-7-9-13/h5-9,14H,10-11H2,1-4H3,(H,17,18). The van der Waals surface area contributed by atoms with Gasteiger partial charge in [0.2, 0.25) is 5.91 Å². The molecule has 1 unspecified atom stereocenters. The second-order valence-electron chi connectivity index (χ2n) is 5.91. The SMILES string of the molecule is CC(=O)NC(CCOC(=O)c1ccccc1)C(C)(C)C. The van der Waals surface area contributed by atoms with Gasteiger partial charge in [-0.25, -0.2) is 4.79 Å². The summed E-state index contributed by atoms with van der Waals surface area (Å²) in [6, 6.07) is 8.86. The highest BCUT2D eigenvalue weighted by molar-refractivity contribution is 5.89. The van der Waals surface area contributed by atoms with Gasteiger partial charge in [-0.15, -0.1) is 0 Å². The lowest BCUT2D eigenvalue weighted by Gasteiger charge is -2.31. The lowest BCUT2D eigenvalue weighted by Crippen LogP contribution is -2.43. The van der Waals surface area contributed by atoms with Gasteiger partial charge in [-0.3, -0.25) is 4.79 Å². The van der Waals surface area contributed by atoms with Gasteiger partial charge in [0.05, 0.1) is 12.2 Å². The number of hydrogen-bond donors (Lipinski definition) is 1. The first-order valence-corrected chi connectivity index (χ1v) is 6.80. The van der Waals surface area contributed by atoms with Crippen LogP contribution in [0.4, 0.5) is 0 Å². The van der Waals surface area contributed by atoms with Crippen molar-refractivity contribution in [3.05, 3.63) is 35.9 Å². The topological polar surface area (TPSA) is 55.4 Å². The minimum Gasteiger partial charge on any atom is -0.462 e. The number of rotatable bonds is 5. The molecular weight excluding hydrogens is 254 g/mol. The Kier molecular flexibility index (Phi) is 5.74. The maximum atomic E-state index is 11.8. The quantitative estimate of drug-likeness (QED) is 0.842. The first kappa shape index (κ1) is 16.2. The number of ether oxygens (including phenoxy) is 1. The zero-order chi connectivity index (χ0) is 15.2. The minimum atomic E-state index is -0.332. The van der Waals surface area contributed by atoms with E-state index in [1.807, 2.05) is 26.8 Å². The Bertz CT molecular complexity index is 449. The van der Waals surface area contributed by atoms with Crippen LogP contribution in [-0.4, -0.2) is 24.5 Å². The van der Waals surface area contributed by atoms with E-state index in [0.29, 0.717) is 12.0 Å². The summed E-state index contributed by atoms with van der Waals surface area (Å²) in [6.45, 7) is 7.93. The molecule has 1 N–H and O–H groups in total. The van der Waals surface area contributed by atoms with Gasteiger partial charge in [-0.2, -0.15) is 0 Å². The molecule has 0 aliphatic heterocycles. The fourth-order valence-corrected chi connectivity index (χ4v) is 1.89. The normalized spacial score (nSPS) is 12.6. The summed E-state index contributed by atoms with van der Waals surface area (Å²) in [4.78, 5) is 23.0. The molecule has 0 bridgehead atoms. The van der Waals surface area contributed by atoms with Crippen molar-refractivity contribution in [2.24, 2.45) is 5.41 Å². The summed E-state index contributed by atoms with van der Waals surface area (Å²) < 4.78 is 5.25. The van der Waals surface area contributed by atoms with Crippen LogP contribution in [-0.2, 0) is 9.53 Å². The summed E-state index contributed by atoms with van der Waals surface area (Å²) in [7, 11) is 0. The molecule has 0 spiro atoms. The predicted molar refractivity (Wildman–Crippen MR) is 78.4 cm³/mol. The Morgan fingerprint density at radius 2 is 1.80 bits per heavy atom. The maximum absolute atomic E-state index is 11.8. The van der Waals surface area contributed by atoms with Crippen LogP contribution in [0.1, 0.15) is 44.5 Å². The van der Waals surface area contributed by atoms with Gasteiger partial charge in [-0.1, -0.05) is 39.0 Å². The van der Waals surface area contributed by atoms with Crippen LogP contribution in [0.2, 0.25) is 0 Å². The highest BCUT2D eigenvalue weighted by Crippen LogP contribution is 2.22. The molecule has 4 heteroatoms. The number of carbonyl (C=O) groups is 2. The molecule has 1 rings (SSSR count). The average molecular weight is 277 g/mol.